The van der Waals surface area contributed by atoms with Gasteiger partial charge in [0.15, 0.2) is 0 Å². The lowest BCUT2D eigenvalue weighted by Crippen LogP contribution is -2.38. The van der Waals surface area contributed by atoms with Crippen molar-refractivity contribution in [2.45, 2.75) is 25.7 Å². The molecule has 1 aliphatic rings. The molecule has 4 heterocycles. The molecule has 2 amide bonds. The van der Waals surface area contributed by atoms with Crippen molar-refractivity contribution in [3.8, 4) is 5.75 Å². The number of ether oxygens (including phenoxy) is 1. The third kappa shape index (κ3) is 5.05. The zero-order chi connectivity index (χ0) is 26.9. The summed E-state index contributed by atoms with van der Waals surface area (Å²) in [4.78, 5) is 41.7. The van der Waals surface area contributed by atoms with Crippen LogP contribution in [0.4, 0.5) is 5.69 Å². The number of thiazole rings is 1. The van der Waals surface area contributed by atoms with Gasteiger partial charge in [-0.15, -0.1) is 11.3 Å². The lowest BCUT2D eigenvalue weighted by atomic mass is 9.97. The Morgan fingerprint density at radius 2 is 1.77 bits per heavy atom. The summed E-state index contributed by atoms with van der Waals surface area (Å²) in [6.45, 7) is 3.16. The first kappa shape index (κ1) is 24.9. The van der Waals surface area contributed by atoms with Crippen LogP contribution in [0, 0.1) is 6.92 Å². The summed E-state index contributed by atoms with van der Waals surface area (Å²) in [5, 5.41) is 7.53. The fraction of sp³-hybridized carbons (Fsp3) is 0.233. The van der Waals surface area contributed by atoms with Crippen molar-refractivity contribution in [1.29, 1.82) is 0 Å². The Balaban J connectivity index is 1.10. The van der Waals surface area contributed by atoms with Gasteiger partial charge in [0.2, 0.25) is 0 Å². The largest absolute Gasteiger partial charge is 0.496 e. The average molecular weight is 538 g/mol. The molecule has 0 spiro atoms. The molecule has 0 aliphatic carbocycles. The minimum absolute atomic E-state index is 0.0996. The highest BCUT2D eigenvalue weighted by molar-refractivity contribution is 7.10. The highest BCUT2D eigenvalue weighted by Gasteiger charge is 2.28. The second-order valence-corrected chi connectivity index (χ2v) is 10.6. The minimum Gasteiger partial charge on any atom is -0.496 e. The summed E-state index contributed by atoms with van der Waals surface area (Å²) in [5.41, 5.74) is 4.08. The first-order valence-corrected chi connectivity index (χ1v) is 13.7. The maximum atomic E-state index is 13.3. The Morgan fingerprint density at radius 3 is 2.59 bits per heavy atom. The SMILES string of the molecule is COc1cc(C(=O)N2CCC(c3nc(C(=O)Nc4ccc5nc(C)ccc5c4)cs3)CC2)nc2ccccc12. The number of methoxy groups -OCH3 is 1. The van der Waals surface area contributed by atoms with Crippen molar-refractivity contribution < 1.29 is 14.3 Å². The lowest BCUT2D eigenvalue weighted by molar-refractivity contribution is 0.0707. The van der Waals surface area contributed by atoms with Crippen LogP contribution in [0.2, 0.25) is 0 Å². The number of hydrogen-bond donors (Lipinski definition) is 1. The summed E-state index contributed by atoms with van der Waals surface area (Å²) in [6.07, 6.45) is 1.56. The van der Waals surface area contributed by atoms with Gasteiger partial charge in [0.25, 0.3) is 11.8 Å². The van der Waals surface area contributed by atoms with Gasteiger partial charge in [-0.3, -0.25) is 14.6 Å². The second-order valence-electron chi connectivity index (χ2n) is 9.68. The molecule has 196 valence electrons. The van der Waals surface area contributed by atoms with Crippen molar-refractivity contribution in [1.82, 2.24) is 19.9 Å². The van der Waals surface area contributed by atoms with Gasteiger partial charge >= 0.3 is 0 Å². The highest BCUT2D eigenvalue weighted by Crippen LogP contribution is 2.32. The fourth-order valence-electron chi connectivity index (χ4n) is 4.99. The number of carbonyl (C=O) groups excluding carboxylic acids is 2. The van der Waals surface area contributed by atoms with Crippen molar-refractivity contribution in [2.75, 3.05) is 25.5 Å². The Bertz CT molecular complexity index is 1710. The van der Waals surface area contributed by atoms with Crippen LogP contribution in [0.15, 0.2) is 66.0 Å². The molecule has 5 aromatic rings. The van der Waals surface area contributed by atoms with E-state index in [0.29, 0.717) is 35.9 Å². The summed E-state index contributed by atoms with van der Waals surface area (Å²) in [7, 11) is 1.60. The predicted octanol–water partition coefficient (Wildman–Crippen LogP) is 5.83. The van der Waals surface area contributed by atoms with Crippen molar-refractivity contribution in [3.05, 3.63) is 88.1 Å². The number of anilines is 1. The Hall–Kier alpha value is -4.37. The van der Waals surface area contributed by atoms with Crippen LogP contribution in [-0.4, -0.2) is 51.9 Å². The summed E-state index contributed by atoms with van der Waals surface area (Å²) < 4.78 is 5.51. The summed E-state index contributed by atoms with van der Waals surface area (Å²) in [6, 6.07) is 19.0. The van der Waals surface area contributed by atoms with E-state index in [9.17, 15) is 9.59 Å². The minimum atomic E-state index is -0.235. The maximum absolute atomic E-state index is 13.3. The van der Waals surface area contributed by atoms with E-state index in [0.717, 1.165) is 45.3 Å². The van der Waals surface area contributed by atoms with E-state index < -0.39 is 0 Å². The average Bonchev–Trinajstić information content (AvgIpc) is 3.47. The number of para-hydroxylation sites is 1. The maximum Gasteiger partial charge on any atom is 0.275 e. The van der Waals surface area contributed by atoms with Gasteiger partial charge in [-0.1, -0.05) is 18.2 Å². The number of amides is 2. The smallest absolute Gasteiger partial charge is 0.275 e. The highest BCUT2D eigenvalue weighted by atomic mass is 32.1. The van der Waals surface area contributed by atoms with Crippen molar-refractivity contribution in [2.24, 2.45) is 0 Å². The molecular formula is C30H27N5O3S. The topological polar surface area (TPSA) is 97.3 Å². The molecule has 8 nitrogen and oxygen atoms in total. The lowest BCUT2D eigenvalue weighted by Gasteiger charge is -2.31. The molecule has 3 aromatic heterocycles. The van der Waals surface area contributed by atoms with Crippen LogP contribution < -0.4 is 10.1 Å². The van der Waals surface area contributed by atoms with Gasteiger partial charge in [0, 0.05) is 52.6 Å². The molecule has 1 aliphatic heterocycles. The molecule has 1 saturated heterocycles. The number of nitrogens with zero attached hydrogens (tertiary/aromatic N) is 4. The Kier molecular flexibility index (Phi) is 6.66. The number of pyridine rings is 2. The number of aryl methyl sites for hydroxylation is 1. The quantitative estimate of drug-likeness (QED) is 0.303. The van der Waals surface area contributed by atoms with E-state index in [1.807, 2.05) is 66.4 Å². The molecule has 2 aromatic carbocycles. The van der Waals surface area contributed by atoms with E-state index in [2.05, 4.69) is 20.3 Å². The normalized spacial score (nSPS) is 14.1. The third-order valence-corrected chi connectivity index (χ3v) is 8.10. The van der Waals surface area contributed by atoms with Gasteiger partial charge in [0.1, 0.15) is 17.1 Å². The number of fused-ring (bicyclic) bond motifs is 2. The van der Waals surface area contributed by atoms with E-state index in [-0.39, 0.29) is 17.7 Å². The monoisotopic (exact) mass is 537 g/mol. The van der Waals surface area contributed by atoms with Crippen LogP contribution in [0.1, 0.15) is 50.4 Å². The van der Waals surface area contributed by atoms with Gasteiger partial charge in [-0.05, 0) is 56.2 Å². The fourth-order valence-corrected chi connectivity index (χ4v) is 5.96. The number of nitrogens with one attached hydrogen (secondary N) is 1. The standard InChI is InChI=1S/C30H27N5O3S/c1-18-7-8-20-15-21(9-10-23(20)31-18)32-28(36)26-17-39-29(34-26)19-11-13-35(14-12-19)30(37)25-16-27(38-2)22-5-3-4-6-24(22)33-25/h3-10,15-17,19H,11-14H2,1-2H3,(H,32,36). The molecule has 0 bridgehead atoms. The number of rotatable bonds is 5. The van der Waals surface area contributed by atoms with Crippen LogP contribution in [0.25, 0.3) is 21.8 Å². The van der Waals surface area contributed by atoms with E-state index >= 15 is 0 Å². The summed E-state index contributed by atoms with van der Waals surface area (Å²) in [5.74, 6) is 0.510. The van der Waals surface area contributed by atoms with Gasteiger partial charge in [-0.2, -0.15) is 0 Å². The zero-order valence-corrected chi connectivity index (χ0v) is 22.5. The van der Waals surface area contributed by atoms with Crippen LogP contribution >= 0.6 is 11.3 Å². The van der Waals surface area contributed by atoms with Crippen LogP contribution in [0.3, 0.4) is 0 Å². The van der Waals surface area contributed by atoms with E-state index in [1.54, 1.807) is 18.6 Å². The van der Waals surface area contributed by atoms with Gasteiger partial charge in [0.05, 0.1) is 23.2 Å². The molecule has 0 atom stereocenters. The number of likely N-dealkylation sites (tertiary alicyclic amines) is 1. The van der Waals surface area contributed by atoms with E-state index in [1.165, 1.54) is 11.3 Å². The molecule has 0 radical (unpaired) electrons. The van der Waals surface area contributed by atoms with Crippen molar-refractivity contribution in [3.63, 3.8) is 0 Å². The number of piperidine rings is 1. The molecule has 1 N–H and O–H groups in total. The van der Waals surface area contributed by atoms with Gasteiger partial charge < -0.3 is 15.0 Å². The third-order valence-electron chi connectivity index (χ3n) is 7.09. The molecule has 1 fully saturated rings. The van der Waals surface area contributed by atoms with Crippen LogP contribution in [-0.2, 0) is 0 Å². The first-order valence-electron chi connectivity index (χ1n) is 12.9. The molecule has 0 unspecified atom stereocenters. The van der Waals surface area contributed by atoms with E-state index in [4.69, 9.17) is 4.74 Å². The molecular weight excluding hydrogens is 510 g/mol. The number of benzene rings is 2. The number of carbonyl (C=O) groups is 2. The summed E-state index contributed by atoms with van der Waals surface area (Å²) >= 11 is 1.50. The molecule has 39 heavy (non-hydrogen) atoms. The predicted molar refractivity (Wildman–Crippen MR) is 153 cm³/mol. The zero-order valence-electron chi connectivity index (χ0n) is 21.7. The van der Waals surface area contributed by atoms with Crippen molar-refractivity contribution >= 4 is 50.6 Å². The first-order chi connectivity index (χ1) is 19.0. The Labute approximate surface area is 229 Å². The molecule has 0 saturated carbocycles. The number of hydrogen-bond acceptors (Lipinski definition) is 7. The van der Waals surface area contributed by atoms with Gasteiger partial charge in [-0.25, -0.2) is 9.97 Å². The molecule has 6 rings (SSSR count). The molecule has 9 heteroatoms. The second kappa shape index (κ2) is 10.4. The Morgan fingerprint density at radius 1 is 0.949 bits per heavy atom. The van der Waals surface area contributed by atoms with Crippen LogP contribution in [0.5, 0.6) is 5.75 Å². The number of aromatic nitrogens is 3.